The monoisotopic (exact) mass is 145 g/mol. The van der Waals surface area contributed by atoms with Crippen LogP contribution >= 0.6 is 0 Å². The average molecular weight is 145 g/mol. The van der Waals surface area contributed by atoms with Crippen molar-refractivity contribution in [2.75, 3.05) is 14.2 Å². The molecule has 0 fully saturated rings. The van der Waals surface area contributed by atoms with E-state index in [1.807, 2.05) is 0 Å². The van der Waals surface area contributed by atoms with Crippen molar-refractivity contribution in [3.63, 3.8) is 0 Å². The first kappa shape index (κ1) is 8.94. The average Bonchev–Trinajstić information content (AvgIpc) is 2.00. The Morgan fingerprint density at radius 1 is 1.70 bits per heavy atom. The highest BCUT2D eigenvalue weighted by molar-refractivity contribution is 5.77. The quantitative estimate of drug-likeness (QED) is 0.402. The largest absolute Gasteiger partial charge is 0.467 e. The summed E-state index contributed by atoms with van der Waals surface area (Å²) in [5, 5.41) is 0. The van der Waals surface area contributed by atoms with E-state index in [0.29, 0.717) is 6.41 Å². The number of rotatable bonds is 3. The van der Waals surface area contributed by atoms with Crippen LogP contribution < -0.4 is 0 Å². The first-order chi connectivity index (χ1) is 4.63. The van der Waals surface area contributed by atoms with E-state index in [-0.39, 0.29) is 0 Å². The van der Waals surface area contributed by atoms with Gasteiger partial charge in [-0.2, -0.15) is 0 Å². The molecule has 0 radical (unpaired) electrons. The van der Waals surface area contributed by atoms with E-state index in [9.17, 15) is 9.59 Å². The van der Waals surface area contributed by atoms with Gasteiger partial charge in [-0.05, 0) is 6.92 Å². The number of likely N-dealkylation sites (N-methyl/N-ethyl adjacent to an activating group) is 1. The normalized spacial score (nSPS) is 11.9. The van der Waals surface area contributed by atoms with Crippen molar-refractivity contribution in [1.29, 1.82) is 0 Å². The first-order valence-corrected chi connectivity index (χ1v) is 2.88. The third-order valence-electron chi connectivity index (χ3n) is 1.32. The second-order valence-electron chi connectivity index (χ2n) is 1.97. The van der Waals surface area contributed by atoms with Crippen molar-refractivity contribution >= 4 is 12.4 Å². The first-order valence-electron chi connectivity index (χ1n) is 2.88. The standard InChI is InChI=1S/C6H11NO3/c1-5(6(9)10-3)7(2)4-8/h4-5H,1-3H3. The number of hydrogen-bond donors (Lipinski definition) is 0. The molecule has 0 saturated heterocycles. The van der Waals surface area contributed by atoms with Crippen LogP contribution in [0.15, 0.2) is 0 Å². The fourth-order valence-electron chi connectivity index (χ4n) is 0.428. The van der Waals surface area contributed by atoms with Crippen molar-refractivity contribution in [3.8, 4) is 0 Å². The molecule has 0 spiro atoms. The van der Waals surface area contributed by atoms with Crippen LogP contribution in [0.5, 0.6) is 0 Å². The number of esters is 1. The molecule has 0 rings (SSSR count). The van der Waals surface area contributed by atoms with Gasteiger partial charge in [0.15, 0.2) is 0 Å². The lowest BCUT2D eigenvalue weighted by Crippen LogP contribution is -2.35. The molecule has 0 N–H and O–H groups in total. The van der Waals surface area contributed by atoms with E-state index >= 15 is 0 Å². The lowest BCUT2D eigenvalue weighted by molar-refractivity contribution is -0.148. The van der Waals surface area contributed by atoms with Crippen LogP contribution in [0.1, 0.15) is 6.92 Å². The van der Waals surface area contributed by atoms with Gasteiger partial charge in [0.05, 0.1) is 7.11 Å². The predicted octanol–water partition coefficient (Wildman–Crippen LogP) is -0.364. The summed E-state index contributed by atoms with van der Waals surface area (Å²) < 4.78 is 4.40. The third kappa shape index (κ3) is 2.05. The van der Waals surface area contributed by atoms with E-state index in [4.69, 9.17) is 0 Å². The van der Waals surface area contributed by atoms with Gasteiger partial charge < -0.3 is 9.64 Å². The molecule has 58 valence electrons. The van der Waals surface area contributed by atoms with Crippen LogP contribution in [-0.2, 0) is 14.3 Å². The lowest BCUT2D eigenvalue weighted by atomic mass is 10.3. The van der Waals surface area contributed by atoms with Crippen LogP contribution in [0.25, 0.3) is 0 Å². The second kappa shape index (κ2) is 3.87. The number of carbonyl (C=O) groups is 2. The molecule has 0 bridgehead atoms. The van der Waals surface area contributed by atoms with Crippen molar-refractivity contribution in [1.82, 2.24) is 4.90 Å². The van der Waals surface area contributed by atoms with Gasteiger partial charge in [-0.25, -0.2) is 4.79 Å². The SMILES string of the molecule is COC(=O)C(C)N(C)C=O. The summed E-state index contributed by atoms with van der Waals surface area (Å²) in [7, 11) is 2.81. The molecule has 10 heavy (non-hydrogen) atoms. The van der Waals surface area contributed by atoms with Crippen molar-refractivity contribution in [3.05, 3.63) is 0 Å². The molecule has 1 amide bonds. The molecule has 0 aliphatic rings. The van der Waals surface area contributed by atoms with E-state index < -0.39 is 12.0 Å². The Labute approximate surface area is 59.8 Å². The van der Waals surface area contributed by atoms with Crippen LogP contribution in [0.2, 0.25) is 0 Å². The smallest absolute Gasteiger partial charge is 0.328 e. The predicted molar refractivity (Wildman–Crippen MR) is 35.3 cm³/mol. The molecular weight excluding hydrogens is 134 g/mol. The van der Waals surface area contributed by atoms with Crippen LogP contribution in [0.3, 0.4) is 0 Å². The number of carbonyl (C=O) groups excluding carboxylic acids is 2. The summed E-state index contributed by atoms with van der Waals surface area (Å²) in [5.74, 6) is -0.408. The van der Waals surface area contributed by atoms with E-state index in [0.717, 1.165) is 0 Å². The molecule has 0 aromatic carbocycles. The summed E-state index contributed by atoms with van der Waals surface area (Å²) in [5.41, 5.74) is 0. The molecule has 0 aromatic rings. The highest BCUT2D eigenvalue weighted by Gasteiger charge is 2.15. The number of methoxy groups -OCH3 is 1. The Morgan fingerprint density at radius 3 is 2.50 bits per heavy atom. The van der Waals surface area contributed by atoms with Crippen molar-refractivity contribution < 1.29 is 14.3 Å². The minimum Gasteiger partial charge on any atom is -0.467 e. The number of nitrogens with zero attached hydrogens (tertiary/aromatic N) is 1. The second-order valence-corrected chi connectivity index (χ2v) is 1.97. The van der Waals surface area contributed by atoms with Crippen molar-refractivity contribution in [2.45, 2.75) is 13.0 Å². The number of ether oxygens (including phenoxy) is 1. The van der Waals surface area contributed by atoms with Gasteiger partial charge in [0.25, 0.3) is 0 Å². The molecule has 1 atom stereocenters. The Hall–Kier alpha value is -1.06. The zero-order valence-corrected chi connectivity index (χ0v) is 6.33. The minimum atomic E-state index is -0.498. The van der Waals surface area contributed by atoms with Gasteiger partial charge >= 0.3 is 5.97 Å². The molecular formula is C6H11NO3. The lowest BCUT2D eigenvalue weighted by Gasteiger charge is -2.16. The zero-order chi connectivity index (χ0) is 8.15. The highest BCUT2D eigenvalue weighted by Crippen LogP contribution is 1.93. The molecule has 0 aromatic heterocycles. The van der Waals surface area contributed by atoms with Gasteiger partial charge in [-0.15, -0.1) is 0 Å². The van der Waals surface area contributed by atoms with Crippen LogP contribution in [0.4, 0.5) is 0 Å². The molecule has 4 nitrogen and oxygen atoms in total. The highest BCUT2D eigenvalue weighted by atomic mass is 16.5. The van der Waals surface area contributed by atoms with E-state index in [1.165, 1.54) is 19.1 Å². The molecule has 4 heteroatoms. The molecule has 0 saturated carbocycles. The Kier molecular flexibility index (Phi) is 3.46. The summed E-state index contributed by atoms with van der Waals surface area (Å²) in [6.45, 7) is 1.60. The maximum atomic E-state index is 10.7. The Bertz CT molecular complexity index is 135. The zero-order valence-electron chi connectivity index (χ0n) is 6.33. The fraction of sp³-hybridized carbons (Fsp3) is 0.667. The topological polar surface area (TPSA) is 46.6 Å². The van der Waals surface area contributed by atoms with Gasteiger partial charge in [-0.1, -0.05) is 0 Å². The maximum absolute atomic E-state index is 10.7. The van der Waals surface area contributed by atoms with Gasteiger partial charge in [0.2, 0.25) is 6.41 Å². The van der Waals surface area contributed by atoms with E-state index in [2.05, 4.69) is 4.74 Å². The fourth-order valence-corrected chi connectivity index (χ4v) is 0.428. The number of amides is 1. The van der Waals surface area contributed by atoms with E-state index in [1.54, 1.807) is 6.92 Å². The summed E-state index contributed by atoms with van der Waals surface area (Å²) in [6.07, 6.45) is 0.585. The third-order valence-corrected chi connectivity index (χ3v) is 1.32. The van der Waals surface area contributed by atoms with Crippen LogP contribution in [-0.4, -0.2) is 37.5 Å². The maximum Gasteiger partial charge on any atom is 0.328 e. The van der Waals surface area contributed by atoms with Gasteiger partial charge in [-0.3, -0.25) is 4.79 Å². The Balaban J connectivity index is 3.93. The number of hydrogen-bond acceptors (Lipinski definition) is 3. The Morgan fingerprint density at radius 2 is 2.20 bits per heavy atom. The summed E-state index contributed by atoms with van der Waals surface area (Å²) >= 11 is 0. The summed E-state index contributed by atoms with van der Waals surface area (Å²) in [6, 6.07) is -0.498. The summed E-state index contributed by atoms with van der Waals surface area (Å²) in [4.78, 5) is 22.0. The van der Waals surface area contributed by atoms with Crippen molar-refractivity contribution in [2.24, 2.45) is 0 Å². The molecule has 1 unspecified atom stereocenters. The van der Waals surface area contributed by atoms with Crippen LogP contribution in [0, 0.1) is 0 Å². The molecule has 0 aliphatic heterocycles. The molecule has 0 heterocycles. The minimum absolute atomic E-state index is 0.408. The van der Waals surface area contributed by atoms with Gasteiger partial charge in [0, 0.05) is 7.05 Å². The van der Waals surface area contributed by atoms with Gasteiger partial charge in [0.1, 0.15) is 6.04 Å². The molecule has 0 aliphatic carbocycles.